The molecule has 1 saturated heterocycles. The van der Waals surface area contributed by atoms with Crippen molar-refractivity contribution in [1.82, 2.24) is 4.90 Å². The number of hydrogen-bond acceptors (Lipinski definition) is 3. The Morgan fingerprint density at radius 2 is 2.12 bits per heavy atom. The highest BCUT2D eigenvalue weighted by atomic mass is 35.5. The maximum atomic E-state index is 5.95. The van der Waals surface area contributed by atoms with Crippen molar-refractivity contribution in [2.75, 3.05) is 38.6 Å². The van der Waals surface area contributed by atoms with E-state index in [9.17, 15) is 0 Å². The molecule has 0 unspecified atom stereocenters. The number of nitrogens with zero attached hydrogens (tertiary/aromatic N) is 1. The van der Waals surface area contributed by atoms with Gasteiger partial charge in [-0.05, 0) is 17.7 Å². The van der Waals surface area contributed by atoms with Gasteiger partial charge in [0.25, 0.3) is 0 Å². The quantitative estimate of drug-likeness (QED) is 0.764. The molecule has 0 saturated carbocycles. The topological polar surface area (TPSA) is 12.5 Å². The maximum absolute atomic E-state index is 5.95. The summed E-state index contributed by atoms with van der Waals surface area (Å²) in [5.74, 6) is 2.22. The van der Waals surface area contributed by atoms with Crippen LogP contribution in [0.3, 0.4) is 0 Å². The average molecular weight is 272 g/mol. The Hall–Kier alpha value is -0.220. The first-order valence-electron chi connectivity index (χ1n) is 5.97. The van der Waals surface area contributed by atoms with Gasteiger partial charge in [-0.15, -0.1) is 0 Å². The fraction of sp³-hybridized carbons (Fsp3) is 0.538. The summed E-state index contributed by atoms with van der Waals surface area (Å²) >= 11 is 7.92. The molecule has 1 aliphatic rings. The molecule has 0 aromatic heterocycles. The van der Waals surface area contributed by atoms with Gasteiger partial charge in [0.2, 0.25) is 0 Å². The van der Waals surface area contributed by atoms with E-state index >= 15 is 0 Å². The van der Waals surface area contributed by atoms with Crippen molar-refractivity contribution < 1.29 is 4.74 Å². The predicted molar refractivity (Wildman–Crippen MR) is 74.9 cm³/mol. The van der Waals surface area contributed by atoms with Crippen LogP contribution in [0.25, 0.3) is 0 Å². The average Bonchev–Trinajstić information content (AvgIpc) is 2.36. The molecule has 1 heterocycles. The smallest absolute Gasteiger partial charge is 0.0594 e. The summed E-state index contributed by atoms with van der Waals surface area (Å²) in [5, 5.41) is 0.830. The minimum Gasteiger partial charge on any atom is -0.379 e. The van der Waals surface area contributed by atoms with Gasteiger partial charge in [-0.25, -0.2) is 0 Å². The third-order valence-corrected chi connectivity index (χ3v) is 4.06. The monoisotopic (exact) mass is 271 g/mol. The first-order valence-corrected chi connectivity index (χ1v) is 7.50. The third kappa shape index (κ3) is 4.88. The number of morpholine rings is 1. The predicted octanol–water partition coefficient (Wildman–Crippen LogP) is 2.91. The minimum absolute atomic E-state index is 0.830. The second kappa shape index (κ2) is 7.27. The van der Waals surface area contributed by atoms with Crippen LogP contribution in [-0.4, -0.2) is 43.5 Å². The van der Waals surface area contributed by atoms with Crippen LogP contribution in [0, 0.1) is 0 Å². The minimum atomic E-state index is 0.830. The largest absolute Gasteiger partial charge is 0.379 e. The number of hydrogen-bond donors (Lipinski definition) is 0. The summed E-state index contributed by atoms with van der Waals surface area (Å²) in [5.41, 5.74) is 1.31. The van der Waals surface area contributed by atoms with Gasteiger partial charge < -0.3 is 4.74 Å². The number of halogens is 1. The Kier molecular flexibility index (Phi) is 5.65. The van der Waals surface area contributed by atoms with Crippen LogP contribution in [0.4, 0.5) is 0 Å². The Morgan fingerprint density at radius 1 is 1.29 bits per heavy atom. The van der Waals surface area contributed by atoms with E-state index in [0.717, 1.165) is 43.6 Å². The molecule has 0 N–H and O–H groups in total. The van der Waals surface area contributed by atoms with Gasteiger partial charge in [-0.1, -0.05) is 23.7 Å². The Labute approximate surface area is 112 Å². The second-order valence-electron chi connectivity index (χ2n) is 4.14. The van der Waals surface area contributed by atoms with Gasteiger partial charge in [0, 0.05) is 36.2 Å². The molecule has 0 bridgehead atoms. The summed E-state index contributed by atoms with van der Waals surface area (Å²) < 4.78 is 5.33. The SMILES string of the molecule is Clc1cccc(CSCCN2CCOCC2)c1. The van der Waals surface area contributed by atoms with Crippen molar-refractivity contribution in [2.45, 2.75) is 5.75 Å². The first kappa shape index (κ1) is 13.2. The van der Waals surface area contributed by atoms with Crippen molar-refractivity contribution >= 4 is 23.4 Å². The highest BCUT2D eigenvalue weighted by Crippen LogP contribution is 2.16. The highest BCUT2D eigenvalue weighted by molar-refractivity contribution is 7.98. The highest BCUT2D eigenvalue weighted by Gasteiger charge is 2.09. The molecule has 0 amide bonds. The van der Waals surface area contributed by atoms with Crippen molar-refractivity contribution in [3.8, 4) is 0 Å². The maximum Gasteiger partial charge on any atom is 0.0594 e. The molecule has 0 spiro atoms. The summed E-state index contributed by atoms with van der Waals surface area (Å²) in [6.07, 6.45) is 0. The van der Waals surface area contributed by atoms with E-state index in [1.165, 1.54) is 11.3 Å². The van der Waals surface area contributed by atoms with Gasteiger partial charge >= 0.3 is 0 Å². The van der Waals surface area contributed by atoms with Crippen molar-refractivity contribution in [2.24, 2.45) is 0 Å². The summed E-state index contributed by atoms with van der Waals surface area (Å²) in [6.45, 7) is 5.10. The zero-order valence-corrected chi connectivity index (χ0v) is 11.5. The van der Waals surface area contributed by atoms with E-state index in [-0.39, 0.29) is 0 Å². The molecule has 1 fully saturated rings. The van der Waals surface area contributed by atoms with E-state index in [0.29, 0.717) is 0 Å². The molecule has 17 heavy (non-hydrogen) atoms. The molecular formula is C13H18ClNOS. The lowest BCUT2D eigenvalue weighted by molar-refractivity contribution is 0.0410. The third-order valence-electron chi connectivity index (χ3n) is 2.81. The lowest BCUT2D eigenvalue weighted by Crippen LogP contribution is -2.37. The molecule has 0 atom stereocenters. The summed E-state index contributed by atoms with van der Waals surface area (Å²) in [7, 11) is 0. The van der Waals surface area contributed by atoms with Crippen molar-refractivity contribution in [3.63, 3.8) is 0 Å². The van der Waals surface area contributed by atoms with Crippen LogP contribution < -0.4 is 0 Å². The van der Waals surface area contributed by atoms with Crippen molar-refractivity contribution in [3.05, 3.63) is 34.9 Å². The van der Waals surface area contributed by atoms with Gasteiger partial charge in [-0.2, -0.15) is 11.8 Å². The zero-order valence-electron chi connectivity index (χ0n) is 9.90. The molecule has 1 aliphatic heterocycles. The van der Waals surface area contributed by atoms with E-state index in [2.05, 4.69) is 11.0 Å². The van der Waals surface area contributed by atoms with Crippen LogP contribution >= 0.6 is 23.4 Å². The number of thioether (sulfide) groups is 1. The molecule has 0 aliphatic carbocycles. The summed E-state index contributed by atoms with van der Waals surface area (Å²) in [4.78, 5) is 2.47. The standard InChI is InChI=1S/C13H18ClNOS/c14-13-3-1-2-12(10-13)11-17-9-6-15-4-7-16-8-5-15/h1-3,10H,4-9,11H2. The Morgan fingerprint density at radius 3 is 2.88 bits per heavy atom. The van der Waals surface area contributed by atoms with Crippen LogP contribution in [0.2, 0.25) is 5.02 Å². The summed E-state index contributed by atoms with van der Waals surface area (Å²) in [6, 6.07) is 8.11. The van der Waals surface area contributed by atoms with E-state index in [1.54, 1.807) is 0 Å². The van der Waals surface area contributed by atoms with E-state index < -0.39 is 0 Å². The normalized spacial score (nSPS) is 17.2. The van der Waals surface area contributed by atoms with E-state index in [1.807, 2.05) is 30.0 Å². The lowest BCUT2D eigenvalue weighted by Gasteiger charge is -2.26. The van der Waals surface area contributed by atoms with Gasteiger partial charge in [-0.3, -0.25) is 4.90 Å². The molecule has 1 aromatic carbocycles. The second-order valence-corrected chi connectivity index (χ2v) is 5.68. The molecule has 2 rings (SSSR count). The molecule has 1 aromatic rings. The Bertz CT molecular complexity index is 342. The van der Waals surface area contributed by atoms with Gasteiger partial charge in [0.1, 0.15) is 0 Å². The molecule has 94 valence electrons. The van der Waals surface area contributed by atoms with Gasteiger partial charge in [0.15, 0.2) is 0 Å². The molecular weight excluding hydrogens is 254 g/mol. The Balaban J connectivity index is 1.62. The number of rotatable bonds is 5. The molecule has 2 nitrogen and oxygen atoms in total. The van der Waals surface area contributed by atoms with Crippen molar-refractivity contribution in [1.29, 1.82) is 0 Å². The van der Waals surface area contributed by atoms with Crippen LogP contribution in [0.15, 0.2) is 24.3 Å². The number of benzene rings is 1. The fourth-order valence-corrected chi connectivity index (χ4v) is 2.99. The van der Waals surface area contributed by atoms with Crippen LogP contribution in [0.1, 0.15) is 5.56 Å². The lowest BCUT2D eigenvalue weighted by atomic mass is 10.2. The first-order chi connectivity index (χ1) is 8.34. The fourth-order valence-electron chi connectivity index (χ4n) is 1.84. The number of ether oxygens (including phenoxy) is 1. The van der Waals surface area contributed by atoms with Gasteiger partial charge in [0.05, 0.1) is 13.2 Å². The van der Waals surface area contributed by atoms with E-state index in [4.69, 9.17) is 16.3 Å². The molecule has 4 heteroatoms. The van der Waals surface area contributed by atoms with Crippen LogP contribution in [-0.2, 0) is 10.5 Å². The zero-order chi connectivity index (χ0) is 11.9. The molecule has 0 radical (unpaired) electrons. The van der Waals surface area contributed by atoms with Crippen LogP contribution in [0.5, 0.6) is 0 Å².